The van der Waals surface area contributed by atoms with Crippen LogP contribution in [0, 0.1) is 0 Å². The first-order valence-electron chi connectivity index (χ1n) is 17.7. The number of hydrogen-bond donors (Lipinski definition) is 0. The summed E-state index contributed by atoms with van der Waals surface area (Å²) >= 11 is 1.89. The maximum atomic E-state index is 2.55. The molecule has 0 saturated heterocycles. The van der Waals surface area contributed by atoms with Crippen LogP contribution >= 0.6 is 11.3 Å². The summed E-state index contributed by atoms with van der Waals surface area (Å²) < 4.78 is 5.10. The molecule has 51 heavy (non-hydrogen) atoms. The summed E-state index contributed by atoms with van der Waals surface area (Å²) in [5.74, 6) is 0. The SMILES string of the molecule is C1=CCC2C(=C1)c1cc(-c3ccc4c5ccccc5n(-c5ccccc5)c4c3)ccc1N2c1ccc(-c2cccc3c2sc2ccccc23)cc1. The fourth-order valence-electron chi connectivity index (χ4n) is 8.56. The number of para-hydroxylation sites is 2. The lowest BCUT2D eigenvalue weighted by Gasteiger charge is -2.28. The van der Waals surface area contributed by atoms with Gasteiger partial charge in [0.15, 0.2) is 0 Å². The summed E-state index contributed by atoms with van der Waals surface area (Å²) in [7, 11) is 0. The van der Waals surface area contributed by atoms with Crippen molar-refractivity contribution >= 4 is 70.3 Å². The highest BCUT2D eigenvalue weighted by Gasteiger charge is 2.35. The van der Waals surface area contributed by atoms with E-state index in [2.05, 4.69) is 185 Å². The summed E-state index contributed by atoms with van der Waals surface area (Å²) in [6.07, 6.45) is 7.84. The van der Waals surface area contributed by atoms with Gasteiger partial charge in [-0.05, 0) is 88.8 Å². The highest BCUT2D eigenvalue weighted by Crippen LogP contribution is 2.49. The predicted molar refractivity (Wildman–Crippen MR) is 219 cm³/mol. The molecule has 11 rings (SSSR count). The maximum absolute atomic E-state index is 2.55. The first kappa shape index (κ1) is 28.7. The van der Waals surface area contributed by atoms with Gasteiger partial charge in [0.2, 0.25) is 0 Å². The molecule has 7 aromatic carbocycles. The van der Waals surface area contributed by atoms with Crippen LogP contribution in [-0.2, 0) is 0 Å². The Bertz CT molecular complexity index is 2890. The number of hydrogen-bond acceptors (Lipinski definition) is 2. The third-order valence-corrected chi connectivity index (χ3v) is 12.1. The molecule has 2 nitrogen and oxygen atoms in total. The smallest absolute Gasteiger partial charge is 0.0632 e. The lowest BCUT2D eigenvalue weighted by Crippen LogP contribution is -2.26. The highest BCUT2D eigenvalue weighted by molar-refractivity contribution is 7.26. The average molecular weight is 669 g/mol. The second kappa shape index (κ2) is 11.2. The number of benzene rings is 7. The van der Waals surface area contributed by atoms with Gasteiger partial charge in [-0.25, -0.2) is 0 Å². The van der Waals surface area contributed by atoms with Crippen molar-refractivity contribution in [3.63, 3.8) is 0 Å². The van der Waals surface area contributed by atoms with E-state index in [1.165, 1.54) is 92.4 Å². The van der Waals surface area contributed by atoms with E-state index in [9.17, 15) is 0 Å². The van der Waals surface area contributed by atoms with Gasteiger partial charge in [0.25, 0.3) is 0 Å². The van der Waals surface area contributed by atoms with Gasteiger partial charge in [0, 0.05) is 53.6 Å². The monoisotopic (exact) mass is 668 g/mol. The Morgan fingerprint density at radius 3 is 2.14 bits per heavy atom. The Kier molecular flexibility index (Phi) is 6.28. The molecule has 0 N–H and O–H groups in total. The van der Waals surface area contributed by atoms with Crippen molar-refractivity contribution < 1.29 is 0 Å². The van der Waals surface area contributed by atoms with Crippen molar-refractivity contribution in [3.05, 3.63) is 182 Å². The van der Waals surface area contributed by atoms with Crippen LogP contribution in [0.15, 0.2) is 176 Å². The number of anilines is 2. The van der Waals surface area contributed by atoms with E-state index in [0.29, 0.717) is 0 Å². The minimum Gasteiger partial charge on any atom is -0.333 e. The first-order valence-corrected chi connectivity index (χ1v) is 18.5. The summed E-state index contributed by atoms with van der Waals surface area (Å²) in [6.45, 7) is 0. The van der Waals surface area contributed by atoms with Gasteiger partial charge in [0.05, 0.1) is 17.1 Å². The summed E-state index contributed by atoms with van der Waals surface area (Å²) in [4.78, 5) is 2.55. The van der Waals surface area contributed by atoms with Gasteiger partial charge in [0.1, 0.15) is 0 Å². The van der Waals surface area contributed by atoms with Crippen molar-refractivity contribution in [1.82, 2.24) is 4.57 Å². The second-order valence-electron chi connectivity index (χ2n) is 13.7. The largest absolute Gasteiger partial charge is 0.333 e. The van der Waals surface area contributed by atoms with Gasteiger partial charge in [-0.15, -0.1) is 11.3 Å². The van der Waals surface area contributed by atoms with E-state index in [1.54, 1.807) is 0 Å². The molecule has 2 aliphatic rings. The zero-order valence-electron chi connectivity index (χ0n) is 27.8. The van der Waals surface area contributed by atoms with Gasteiger partial charge in [-0.3, -0.25) is 0 Å². The zero-order valence-corrected chi connectivity index (χ0v) is 28.6. The molecule has 1 atom stereocenters. The van der Waals surface area contributed by atoms with Crippen molar-refractivity contribution in [2.75, 3.05) is 4.90 Å². The molecule has 3 heteroatoms. The lowest BCUT2D eigenvalue weighted by atomic mass is 9.93. The van der Waals surface area contributed by atoms with Crippen LogP contribution in [0.3, 0.4) is 0 Å². The van der Waals surface area contributed by atoms with Gasteiger partial charge in [-0.1, -0.05) is 121 Å². The highest BCUT2D eigenvalue weighted by atomic mass is 32.1. The maximum Gasteiger partial charge on any atom is 0.0632 e. The van der Waals surface area contributed by atoms with E-state index in [0.717, 1.165) is 6.42 Å². The van der Waals surface area contributed by atoms with Crippen LogP contribution in [0.5, 0.6) is 0 Å². The van der Waals surface area contributed by atoms with Crippen LogP contribution in [0.1, 0.15) is 12.0 Å². The van der Waals surface area contributed by atoms with Crippen molar-refractivity contribution in [3.8, 4) is 27.9 Å². The summed E-state index contributed by atoms with van der Waals surface area (Å²) in [6, 6.07) is 58.5. The third-order valence-electron chi connectivity index (χ3n) is 10.9. The van der Waals surface area contributed by atoms with Crippen LogP contribution in [0.4, 0.5) is 11.4 Å². The minimum absolute atomic E-state index is 0.278. The Morgan fingerprint density at radius 1 is 0.510 bits per heavy atom. The molecule has 3 heterocycles. The number of nitrogens with zero attached hydrogens (tertiary/aromatic N) is 2. The fraction of sp³-hybridized carbons (Fsp3) is 0.0417. The molecule has 0 amide bonds. The minimum atomic E-state index is 0.278. The Labute approximate surface area is 300 Å². The quantitative estimate of drug-likeness (QED) is 0.181. The van der Waals surface area contributed by atoms with Crippen molar-refractivity contribution in [2.45, 2.75) is 12.5 Å². The molecule has 0 radical (unpaired) electrons. The molecular formula is C48H32N2S. The first-order chi connectivity index (χ1) is 25.3. The number of fused-ring (bicyclic) bond motifs is 9. The molecule has 1 unspecified atom stereocenters. The molecule has 0 fully saturated rings. The number of allylic oxidation sites excluding steroid dienone is 2. The molecule has 0 spiro atoms. The van der Waals surface area contributed by atoms with E-state index in [1.807, 2.05) is 11.3 Å². The molecule has 1 aliphatic carbocycles. The normalized spacial score (nSPS) is 15.2. The van der Waals surface area contributed by atoms with Gasteiger partial charge in [-0.2, -0.15) is 0 Å². The Balaban J connectivity index is 1.00. The molecule has 1 aliphatic heterocycles. The number of thiophene rings is 1. The summed E-state index contributed by atoms with van der Waals surface area (Å²) in [5.41, 5.74) is 13.9. The molecule has 0 saturated carbocycles. The predicted octanol–water partition coefficient (Wildman–Crippen LogP) is 13.3. The molecule has 240 valence electrons. The summed E-state index contributed by atoms with van der Waals surface area (Å²) in [5, 5.41) is 5.23. The number of rotatable bonds is 4. The topological polar surface area (TPSA) is 8.17 Å². The van der Waals surface area contributed by atoms with E-state index in [-0.39, 0.29) is 6.04 Å². The zero-order chi connectivity index (χ0) is 33.5. The standard InChI is InChI=1S/C48H32N2S/c1-2-11-34(12-3-1)50-43-18-7-4-13-37(43)39-27-23-33(30-46(39)50)32-24-28-45-42(29-32)38-14-5-8-19-44(38)49(45)35-25-21-31(22-26-35)36-16-10-17-41-40-15-6-9-20-47(40)51-48(36)41/h1-18,20-30,44H,19H2. The Hall–Kier alpha value is -6.16. The average Bonchev–Trinajstić information content (AvgIpc) is 3.85. The van der Waals surface area contributed by atoms with E-state index in [4.69, 9.17) is 0 Å². The van der Waals surface area contributed by atoms with E-state index < -0.39 is 0 Å². The van der Waals surface area contributed by atoms with Crippen LogP contribution in [0.2, 0.25) is 0 Å². The molecule has 9 aromatic rings. The van der Waals surface area contributed by atoms with Crippen LogP contribution in [-0.4, -0.2) is 10.6 Å². The molecular weight excluding hydrogens is 637 g/mol. The van der Waals surface area contributed by atoms with Gasteiger partial charge < -0.3 is 9.47 Å². The van der Waals surface area contributed by atoms with Gasteiger partial charge >= 0.3 is 0 Å². The van der Waals surface area contributed by atoms with Crippen molar-refractivity contribution in [1.29, 1.82) is 0 Å². The Morgan fingerprint density at radius 2 is 1.24 bits per heavy atom. The molecule has 2 aromatic heterocycles. The van der Waals surface area contributed by atoms with Crippen LogP contribution < -0.4 is 4.90 Å². The third kappa shape index (κ3) is 4.35. The number of aromatic nitrogens is 1. The lowest BCUT2D eigenvalue weighted by molar-refractivity contribution is 0.829. The van der Waals surface area contributed by atoms with Crippen molar-refractivity contribution in [2.24, 2.45) is 0 Å². The molecule has 0 bridgehead atoms. The second-order valence-corrected chi connectivity index (χ2v) is 14.7. The fourth-order valence-corrected chi connectivity index (χ4v) is 9.79. The van der Waals surface area contributed by atoms with E-state index >= 15 is 0 Å². The van der Waals surface area contributed by atoms with Crippen LogP contribution in [0.25, 0.3) is 75.5 Å².